The molecule has 1 N–H and O–H groups in total. The first-order valence-corrected chi connectivity index (χ1v) is 8.42. The van der Waals surface area contributed by atoms with E-state index in [1.54, 1.807) is 6.07 Å². The third kappa shape index (κ3) is 2.68. The fourth-order valence-corrected chi connectivity index (χ4v) is 3.99. The number of fused-ring (bicyclic) bond motifs is 3. The van der Waals surface area contributed by atoms with Crippen LogP contribution < -0.4 is 5.32 Å². The van der Waals surface area contributed by atoms with Crippen LogP contribution in [0.3, 0.4) is 0 Å². The van der Waals surface area contributed by atoms with E-state index in [1.807, 2.05) is 36.4 Å². The molecule has 0 aliphatic carbocycles. The van der Waals surface area contributed by atoms with Gasteiger partial charge in [-0.1, -0.05) is 30.3 Å². The lowest BCUT2D eigenvalue weighted by Gasteiger charge is -2.49. The van der Waals surface area contributed by atoms with Crippen LogP contribution in [0.5, 0.6) is 0 Å². The van der Waals surface area contributed by atoms with E-state index in [1.165, 1.54) is 12.8 Å². The molecule has 1 aromatic carbocycles. The second-order valence-corrected chi connectivity index (χ2v) is 6.64. The summed E-state index contributed by atoms with van der Waals surface area (Å²) in [5, 5.41) is 3.21. The number of carbonyl (C=O) groups excluding carboxylic acids is 1. The van der Waals surface area contributed by atoms with Crippen LogP contribution in [0.1, 0.15) is 30.3 Å². The van der Waals surface area contributed by atoms with E-state index in [9.17, 15) is 4.79 Å². The predicted octanol–water partition coefficient (Wildman–Crippen LogP) is 3.16. The molecule has 2 bridgehead atoms. The molecule has 4 nitrogen and oxygen atoms in total. The van der Waals surface area contributed by atoms with Crippen molar-refractivity contribution in [3.63, 3.8) is 0 Å². The Hall–Kier alpha value is -2.07. The number of piperidine rings is 3. The molecule has 2 atom stereocenters. The minimum Gasteiger partial charge on any atom is -0.451 e. The van der Waals surface area contributed by atoms with Crippen molar-refractivity contribution in [1.29, 1.82) is 0 Å². The van der Waals surface area contributed by atoms with Gasteiger partial charge in [-0.15, -0.1) is 0 Å². The topological polar surface area (TPSA) is 45.5 Å². The number of rotatable bonds is 3. The maximum absolute atomic E-state index is 12.6. The van der Waals surface area contributed by atoms with Crippen molar-refractivity contribution in [2.75, 3.05) is 13.1 Å². The minimum absolute atomic E-state index is 0.0993. The zero-order valence-corrected chi connectivity index (χ0v) is 13.4. The Morgan fingerprint density at radius 3 is 2.57 bits per heavy atom. The van der Waals surface area contributed by atoms with E-state index >= 15 is 0 Å². The summed E-state index contributed by atoms with van der Waals surface area (Å²) in [7, 11) is 0. The number of amides is 1. The highest BCUT2D eigenvalue weighted by molar-refractivity contribution is 5.92. The van der Waals surface area contributed by atoms with E-state index in [0.717, 1.165) is 24.4 Å². The van der Waals surface area contributed by atoms with Crippen LogP contribution in [0.2, 0.25) is 0 Å². The smallest absolute Gasteiger partial charge is 0.287 e. The minimum atomic E-state index is -0.0993. The second kappa shape index (κ2) is 5.85. The predicted molar refractivity (Wildman–Crippen MR) is 89.2 cm³/mol. The maximum atomic E-state index is 12.6. The highest BCUT2D eigenvalue weighted by Gasteiger charge is 2.40. The number of nitrogens with one attached hydrogen (secondary N) is 1. The molecule has 4 heterocycles. The molecule has 120 valence electrons. The average Bonchev–Trinajstić information content (AvgIpc) is 3.09. The van der Waals surface area contributed by atoms with Gasteiger partial charge < -0.3 is 9.73 Å². The van der Waals surface area contributed by atoms with Crippen LogP contribution in [-0.4, -0.2) is 36.0 Å². The Bertz CT molecular complexity index is 684. The lowest BCUT2D eigenvalue weighted by atomic mass is 9.79. The summed E-state index contributed by atoms with van der Waals surface area (Å²) >= 11 is 0. The van der Waals surface area contributed by atoms with Gasteiger partial charge >= 0.3 is 0 Å². The molecule has 3 saturated heterocycles. The molecule has 0 spiro atoms. The van der Waals surface area contributed by atoms with E-state index in [4.69, 9.17) is 4.42 Å². The van der Waals surface area contributed by atoms with Crippen molar-refractivity contribution in [2.24, 2.45) is 5.92 Å². The summed E-state index contributed by atoms with van der Waals surface area (Å²) in [6.45, 7) is 4.54. The number of hydrogen-bond acceptors (Lipinski definition) is 3. The summed E-state index contributed by atoms with van der Waals surface area (Å²) < 4.78 is 5.76. The SMILES string of the molecule is C[C@H]1[C@H](NC(=O)c2ccc(-c3ccccc3)o2)C2CCN1CC2. The molecular weight excluding hydrogens is 288 g/mol. The van der Waals surface area contributed by atoms with Crippen molar-refractivity contribution < 1.29 is 9.21 Å². The van der Waals surface area contributed by atoms with Gasteiger partial charge in [0.25, 0.3) is 5.91 Å². The molecular formula is C19H22N2O2. The molecule has 1 aromatic heterocycles. The number of furan rings is 1. The summed E-state index contributed by atoms with van der Waals surface area (Å²) in [5.41, 5.74) is 0.989. The second-order valence-electron chi connectivity index (χ2n) is 6.64. The lowest BCUT2D eigenvalue weighted by Crippen LogP contribution is -2.62. The van der Waals surface area contributed by atoms with Crippen LogP contribution in [-0.2, 0) is 0 Å². The monoisotopic (exact) mass is 310 g/mol. The fourth-order valence-electron chi connectivity index (χ4n) is 3.99. The molecule has 1 amide bonds. The van der Waals surface area contributed by atoms with Crippen LogP contribution in [0, 0.1) is 5.92 Å². The fraction of sp³-hybridized carbons (Fsp3) is 0.421. The highest BCUT2D eigenvalue weighted by Crippen LogP contribution is 2.32. The maximum Gasteiger partial charge on any atom is 0.287 e. The number of carbonyl (C=O) groups is 1. The van der Waals surface area contributed by atoms with Gasteiger partial charge in [0.15, 0.2) is 5.76 Å². The van der Waals surface area contributed by atoms with Gasteiger partial charge in [-0.25, -0.2) is 0 Å². The largest absolute Gasteiger partial charge is 0.451 e. The van der Waals surface area contributed by atoms with Gasteiger partial charge in [0.1, 0.15) is 5.76 Å². The van der Waals surface area contributed by atoms with E-state index < -0.39 is 0 Å². The lowest BCUT2D eigenvalue weighted by molar-refractivity contribution is 0.0211. The van der Waals surface area contributed by atoms with Gasteiger partial charge in [-0.2, -0.15) is 0 Å². The van der Waals surface area contributed by atoms with Crippen LogP contribution in [0.4, 0.5) is 0 Å². The zero-order chi connectivity index (χ0) is 15.8. The first-order valence-electron chi connectivity index (χ1n) is 8.42. The molecule has 3 aliphatic rings. The summed E-state index contributed by atoms with van der Waals surface area (Å²) in [4.78, 5) is 15.0. The van der Waals surface area contributed by atoms with Gasteiger partial charge in [-0.05, 0) is 50.9 Å². The van der Waals surface area contributed by atoms with Crippen LogP contribution >= 0.6 is 0 Å². The summed E-state index contributed by atoms with van der Waals surface area (Å²) in [6.07, 6.45) is 2.37. The van der Waals surface area contributed by atoms with Gasteiger partial charge in [0.05, 0.1) is 0 Å². The van der Waals surface area contributed by atoms with Crippen molar-refractivity contribution in [3.05, 3.63) is 48.2 Å². The molecule has 4 heteroatoms. The average molecular weight is 310 g/mol. The zero-order valence-electron chi connectivity index (χ0n) is 13.4. The molecule has 3 aliphatic heterocycles. The quantitative estimate of drug-likeness (QED) is 0.947. The van der Waals surface area contributed by atoms with Crippen LogP contribution in [0.25, 0.3) is 11.3 Å². The van der Waals surface area contributed by atoms with Crippen molar-refractivity contribution in [2.45, 2.75) is 31.8 Å². The van der Waals surface area contributed by atoms with Gasteiger partial charge in [0, 0.05) is 17.6 Å². The number of benzene rings is 1. The van der Waals surface area contributed by atoms with Crippen molar-refractivity contribution in [1.82, 2.24) is 10.2 Å². The first-order chi connectivity index (χ1) is 11.2. The van der Waals surface area contributed by atoms with E-state index in [-0.39, 0.29) is 11.9 Å². The molecule has 0 unspecified atom stereocenters. The molecule has 23 heavy (non-hydrogen) atoms. The normalized spacial score (nSPS) is 29.4. The number of hydrogen-bond donors (Lipinski definition) is 1. The van der Waals surface area contributed by atoms with Gasteiger partial charge in [0.2, 0.25) is 0 Å². The molecule has 0 saturated carbocycles. The summed E-state index contributed by atoms with van der Waals surface area (Å²) in [5.74, 6) is 1.63. The molecule has 2 aromatic rings. The van der Waals surface area contributed by atoms with E-state index in [2.05, 4.69) is 17.1 Å². The molecule has 0 radical (unpaired) electrons. The Kier molecular flexibility index (Phi) is 3.69. The Morgan fingerprint density at radius 2 is 1.87 bits per heavy atom. The Morgan fingerprint density at radius 1 is 1.13 bits per heavy atom. The Labute approximate surface area is 136 Å². The summed E-state index contributed by atoms with van der Waals surface area (Å²) in [6, 6.07) is 14.1. The first kappa shape index (κ1) is 14.5. The molecule has 3 fully saturated rings. The molecule has 5 rings (SSSR count). The third-order valence-corrected chi connectivity index (χ3v) is 5.36. The van der Waals surface area contributed by atoms with Crippen LogP contribution in [0.15, 0.2) is 46.9 Å². The standard InChI is InChI=1S/C19H22N2O2/c1-13-18(15-9-11-21(13)12-10-15)20-19(22)17-8-7-16(23-17)14-5-3-2-4-6-14/h2-8,13,15,18H,9-12H2,1H3,(H,20,22)/t13-,18-/m0/s1. The van der Waals surface area contributed by atoms with Crippen molar-refractivity contribution in [3.8, 4) is 11.3 Å². The van der Waals surface area contributed by atoms with Crippen molar-refractivity contribution >= 4 is 5.91 Å². The highest BCUT2D eigenvalue weighted by atomic mass is 16.3. The van der Waals surface area contributed by atoms with E-state index in [0.29, 0.717) is 17.7 Å². The Balaban J connectivity index is 1.49. The third-order valence-electron chi connectivity index (χ3n) is 5.36. The van der Waals surface area contributed by atoms with Gasteiger partial charge in [-0.3, -0.25) is 9.69 Å². The number of nitrogens with zero attached hydrogens (tertiary/aromatic N) is 1.